The predicted octanol–water partition coefficient (Wildman–Crippen LogP) is -0.960. The number of nitrogens with one attached hydrogen (secondary N) is 1. The highest BCUT2D eigenvalue weighted by molar-refractivity contribution is 5.43. The summed E-state index contributed by atoms with van der Waals surface area (Å²) in [6, 6.07) is 0. The van der Waals surface area contributed by atoms with Crippen LogP contribution in [-0.4, -0.2) is 53.9 Å². The minimum Gasteiger partial charge on any atom is -0.392 e. The van der Waals surface area contributed by atoms with Crippen molar-refractivity contribution in [3.8, 4) is 0 Å². The molecular formula is C9H19N7O. The molecule has 0 amide bonds. The maximum absolute atomic E-state index is 9.33. The third-order valence-electron chi connectivity index (χ3n) is 2.02. The van der Waals surface area contributed by atoms with Crippen molar-refractivity contribution >= 4 is 17.8 Å². The summed E-state index contributed by atoms with van der Waals surface area (Å²) in [6.45, 7) is 2.13. The van der Waals surface area contributed by atoms with Crippen molar-refractivity contribution < 1.29 is 5.11 Å². The molecule has 0 saturated carbocycles. The van der Waals surface area contributed by atoms with Crippen molar-refractivity contribution in [2.75, 3.05) is 42.9 Å². The van der Waals surface area contributed by atoms with Gasteiger partial charge in [-0.3, -0.25) is 5.43 Å². The lowest BCUT2D eigenvalue weighted by Crippen LogP contribution is -2.30. The summed E-state index contributed by atoms with van der Waals surface area (Å²) in [4.78, 5) is 16.0. The smallest absolute Gasteiger partial charge is 0.243 e. The fourth-order valence-electron chi connectivity index (χ4n) is 1.27. The van der Waals surface area contributed by atoms with Gasteiger partial charge in [-0.15, -0.1) is 0 Å². The molecule has 1 atom stereocenters. The van der Waals surface area contributed by atoms with Gasteiger partial charge in [0.05, 0.1) is 6.10 Å². The number of anilines is 3. The van der Waals surface area contributed by atoms with E-state index in [0.717, 1.165) is 0 Å². The summed E-state index contributed by atoms with van der Waals surface area (Å²) in [7, 11) is 5.45. The van der Waals surface area contributed by atoms with Gasteiger partial charge in [0.2, 0.25) is 17.8 Å². The topological polar surface area (TPSA) is 103 Å². The summed E-state index contributed by atoms with van der Waals surface area (Å²) in [5.41, 5.74) is 2.39. The number of rotatable bonds is 5. The van der Waals surface area contributed by atoms with E-state index >= 15 is 0 Å². The average Bonchev–Trinajstić information content (AvgIpc) is 2.27. The van der Waals surface area contributed by atoms with Crippen molar-refractivity contribution in [2.45, 2.75) is 13.0 Å². The van der Waals surface area contributed by atoms with Gasteiger partial charge >= 0.3 is 0 Å². The first-order valence-corrected chi connectivity index (χ1v) is 5.23. The normalized spacial score (nSPS) is 12.1. The summed E-state index contributed by atoms with van der Waals surface area (Å²) in [5, 5.41) is 9.33. The van der Waals surface area contributed by atoms with Crippen molar-refractivity contribution in [1.82, 2.24) is 15.0 Å². The van der Waals surface area contributed by atoms with Gasteiger partial charge < -0.3 is 14.9 Å². The second kappa shape index (κ2) is 5.60. The van der Waals surface area contributed by atoms with Crippen LogP contribution >= 0.6 is 0 Å². The van der Waals surface area contributed by atoms with Crippen LogP contribution in [-0.2, 0) is 0 Å². The van der Waals surface area contributed by atoms with Gasteiger partial charge in [0.25, 0.3) is 0 Å². The lowest BCUT2D eigenvalue weighted by Gasteiger charge is -2.20. The molecule has 0 fully saturated rings. The zero-order valence-electron chi connectivity index (χ0n) is 10.5. The number of likely N-dealkylation sites (N-methyl/N-ethyl adjacent to an activating group) is 1. The lowest BCUT2D eigenvalue weighted by molar-refractivity contribution is 0.201. The van der Waals surface area contributed by atoms with Crippen LogP contribution in [0.5, 0.6) is 0 Å². The second-order valence-electron chi connectivity index (χ2n) is 4.03. The Morgan fingerprint density at radius 2 is 1.82 bits per heavy atom. The summed E-state index contributed by atoms with van der Waals surface area (Å²) < 4.78 is 0. The Hall–Kier alpha value is -1.67. The van der Waals surface area contributed by atoms with Crippen LogP contribution in [0.1, 0.15) is 6.92 Å². The monoisotopic (exact) mass is 241 g/mol. The number of aliphatic hydroxyl groups excluding tert-OH is 1. The first kappa shape index (κ1) is 13.4. The maximum Gasteiger partial charge on any atom is 0.243 e. The Kier molecular flexibility index (Phi) is 4.41. The van der Waals surface area contributed by atoms with E-state index in [-0.39, 0.29) is 5.95 Å². The highest BCUT2D eigenvalue weighted by Crippen LogP contribution is 2.13. The number of nitrogen functional groups attached to an aromatic ring is 1. The Balaban J connectivity index is 3.01. The van der Waals surface area contributed by atoms with Gasteiger partial charge in [0.15, 0.2) is 0 Å². The molecule has 0 bridgehead atoms. The Labute approximate surface area is 100 Å². The number of aliphatic hydroxyl groups is 1. The third kappa shape index (κ3) is 3.68. The molecule has 0 spiro atoms. The van der Waals surface area contributed by atoms with Gasteiger partial charge in [0, 0.05) is 27.7 Å². The Morgan fingerprint density at radius 3 is 2.29 bits per heavy atom. The van der Waals surface area contributed by atoms with Crippen LogP contribution in [0.25, 0.3) is 0 Å². The predicted molar refractivity (Wildman–Crippen MR) is 66.9 cm³/mol. The van der Waals surface area contributed by atoms with Gasteiger partial charge in [-0.1, -0.05) is 0 Å². The van der Waals surface area contributed by atoms with Crippen LogP contribution in [0.4, 0.5) is 17.8 Å². The van der Waals surface area contributed by atoms with Gasteiger partial charge in [0.1, 0.15) is 0 Å². The Bertz CT molecular complexity index is 368. The van der Waals surface area contributed by atoms with Crippen molar-refractivity contribution in [3.05, 3.63) is 0 Å². The van der Waals surface area contributed by atoms with Crippen molar-refractivity contribution in [3.63, 3.8) is 0 Å². The van der Waals surface area contributed by atoms with E-state index in [0.29, 0.717) is 18.4 Å². The van der Waals surface area contributed by atoms with Crippen molar-refractivity contribution in [2.24, 2.45) is 5.84 Å². The molecular weight excluding hydrogens is 222 g/mol. The number of hydrogen-bond acceptors (Lipinski definition) is 8. The lowest BCUT2D eigenvalue weighted by atomic mass is 10.4. The van der Waals surface area contributed by atoms with E-state index in [1.807, 2.05) is 14.1 Å². The highest BCUT2D eigenvalue weighted by atomic mass is 16.3. The molecule has 0 aliphatic carbocycles. The maximum atomic E-state index is 9.33. The SMILES string of the molecule is CC(O)CN(C)c1nc(NN)nc(N(C)C)n1. The van der Waals surface area contributed by atoms with Gasteiger partial charge in [-0.25, -0.2) is 5.84 Å². The van der Waals surface area contributed by atoms with Crippen LogP contribution in [0, 0.1) is 0 Å². The van der Waals surface area contributed by atoms with Crippen LogP contribution in [0.3, 0.4) is 0 Å². The first-order valence-electron chi connectivity index (χ1n) is 5.23. The fraction of sp³-hybridized carbons (Fsp3) is 0.667. The van der Waals surface area contributed by atoms with Crippen LogP contribution in [0.2, 0.25) is 0 Å². The molecule has 4 N–H and O–H groups in total. The minimum atomic E-state index is -0.464. The third-order valence-corrected chi connectivity index (χ3v) is 2.02. The number of nitrogens with two attached hydrogens (primary N) is 1. The number of nitrogens with zero attached hydrogens (tertiary/aromatic N) is 5. The van der Waals surface area contributed by atoms with E-state index < -0.39 is 6.10 Å². The first-order chi connectivity index (χ1) is 7.93. The number of aromatic nitrogens is 3. The van der Waals surface area contributed by atoms with Crippen LogP contribution in [0.15, 0.2) is 0 Å². The Morgan fingerprint density at radius 1 is 1.24 bits per heavy atom. The quantitative estimate of drug-likeness (QED) is 0.447. The van der Waals surface area contributed by atoms with E-state index in [1.54, 1.807) is 23.8 Å². The molecule has 8 nitrogen and oxygen atoms in total. The molecule has 1 aromatic heterocycles. The molecule has 1 heterocycles. The molecule has 1 unspecified atom stereocenters. The molecule has 8 heteroatoms. The average molecular weight is 241 g/mol. The minimum absolute atomic E-state index is 0.288. The molecule has 0 aliphatic heterocycles. The molecule has 0 aromatic carbocycles. The molecule has 17 heavy (non-hydrogen) atoms. The second-order valence-corrected chi connectivity index (χ2v) is 4.03. The molecule has 0 saturated heterocycles. The zero-order valence-corrected chi connectivity index (χ0v) is 10.5. The summed E-state index contributed by atoms with van der Waals surface area (Å²) in [6.07, 6.45) is -0.464. The van der Waals surface area contributed by atoms with Crippen molar-refractivity contribution in [1.29, 1.82) is 0 Å². The van der Waals surface area contributed by atoms with Crippen LogP contribution < -0.4 is 21.1 Å². The molecule has 0 radical (unpaired) electrons. The highest BCUT2D eigenvalue weighted by Gasteiger charge is 2.12. The molecule has 96 valence electrons. The standard InChI is InChI=1S/C9H19N7O/c1-6(17)5-16(4)9-12-7(14-10)11-8(13-9)15(2)3/h6,17H,5,10H2,1-4H3,(H,11,12,13,14). The molecule has 1 rings (SSSR count). The zero-order chi connectivity index (χ0) is 13.0. The molecule has 0 aliphatic rings. The largest absolute Gasteiger partial charge is 0.392 e. The van der Waals surface area contributed by atoms with E-state index in [9.17, 15) is 5.11 Å². The number of hydrazine groups is 1. The van der Waals surface area contributed by atoms with E-state index in [2.05, 4.69) is 20.4 Å². The van der Waals surface area contributed by atoms with Gasteiger partial charge in [-0.2, -0.15) is 15.0 Å². The number of hydrogen-bond donors (Lipinski definition) is 3. The summed E-state index contributed by atoms with van der Waals surface area (Å²) in [5.74, 6) is 6.54. The molecule has 1 aromatic rings. The van der Waals surface area contributed by atoms with E-state index in [4.69, 9.17) is 5.84 Å². The fourth-order valence-corrected chi connectivity index (χ4v) is 1.27. The van der Waals surface area contributed by atoms with E-state index in [1.165, 1.54) is 0 Å². The van der Waals surface area contributed by atoms with Gasteiger partial charge in [-0.05, 0) is 6.92 Å². The summed E-state index contributed by atoms with van der Waals surface area (Å²) >= 11 is 0.